The van der Waals surface area contributed by atoms with Gasteiger partial charge in [-0.1, -0.05) is 18.6 Å². The van der Waals surface area contributed by atoms with E-state index in [0.29, 0.717) is 17.9 Å². The van der Waals surface area contributed by atoms with Crippen LogP contribution in [-0.2, 0) is 9.53 Å². The van der Waals surface area contributed by atoms with Crippen LogP contribution in [0.3, 0.4) is 0 Å². The molecule has 29 heavy (non-hydrogen) atoms. The number of amides is 1. The molecule has 1 unspecified atom stereocenters. The monoisotopic (exact) mass is 400 g/mol. The molecule has 1 amide bonds. The van der Waals surface area contributed by atoms with Crippen LogP contribution in [0.4, 0.5) is 0 Å². The van der Waals surface area contributed by atoms with E-state index in [1.807, 2.05) is 24.3 Å². The summed E-state index contributed by atoms with van der Waals surface area (Å²) in [6, 6.07) is 9.53. The lowest BCUT2D eigenvalue weighted by molar-refractivity contribution is -0.124. The van der Waals surface area contributed by atoms with Crippen LogP contribution in [0.25, 0.3) is 0 Å². The zero-order valence-electron chi connectivity index (χ0n) is 17.0. The Bertz CT molecular complexity index is 809. The summed E-state index contributed by atoms with van der Waals surface area (Å²) in [4.78, 5) is 26.7. The van der Waals surface area contributed by atoms with E-state index in [-0.39, 0.29) is 18.6 Å². The zero-order chi connectivity index (χ0) is 20.6. The highest BCUT2D eigenvalue weighted by atomic mass is 16.5. The van der Waals surface area contributed by atoms with Crippen molar-refractivity contribution in [1.29, 1.82) is 0 Å². The van der Waals surface area contributed by atoms with Crippen molar-refractivity contribution in [2.45, 2.75) is 32.2 Å². The lowest BCUT2D eigenvalue weighted by Gasteiger charge is -2.35. The Hall–Kier alpha value is -2.80. The van der Waals surface area contributed by atoms with Crippen LogP contribution in [0.5, 0.6) is 5.75 Å². The van der Waals surface area contributed by atoms with Gasteiger partial charge in [-0.15, -0.1) is 0 Å². The molecular weight excluding hydrogens is 372 g/mol. The summed E-state index contributed by atoms with van der Waals surface area (Å²) in [6.45, 7) is 3.81. The van der Waals surface area contributed by atoms with E-state index < -0.39 is 5.97 Å². The van der Waals surface area contributed by atoms with Gasteiger partial charge in [0.1, 0.15) is 17.1 Å². The molecule has 0 aliphatic carbocycles. The van der Waals surface area contributed by atoms with Crippen molar-refractivity contribution < 1.29 is 23.5 Å². The van der Waals surface area contributed by atoms with Crippen LogP contribution in [0.15, 0.2) is 41.0 Å². The van der Waals surface area contributed by atoms with E-state index in [1.165, 1.54) is 18.8 Å². The number of aryl methyl sites for hydroxylation is 1. The lowest BCUT2D eigenvalue weighted by atomic mass is 10.0. The summed E-state index contributed by atoms with van der Waals surface area (Å²) in [5, 5.41) is 2.91. The number of benzene rings is 1. The molecule has 1 N–H and O–H groups in total. The lowest BCUT2D eigenvalue weighted by Crippen LogP contribution is -2.41. The molecule has 0 saturated carbocycles. The first kappa shape index (κ1) is 20.9. The van der Waals surface area contributed by atoms with Crippen molar-refractivity contribution in [2.24, 2.45) is 0 Å². The SMILES string of the molecule is COc1ccc(C(CNC(=O)COC(=O)c2ccoc2C)N2CCCCC2)cc1. The van der Waals surface area contributed by atoms with Gasteiger partial charge in [-0.25, -0.2) is 4.79 Å². The van der Waals surface area contributed by atoms with Gasteiger partial charge >= 0.3 is 5.97 Å². The van der Waals surface area contributed by atoms with Crippen molar-refractivity contribution in [1.82, 2.24) is 10.2 Å². The molecule has 3 rings (SSSR count). The van der Waals surface area contributed by atoms with Gasteiger partial charge in [-0.2, -0.15) is 0 Å². The van der Waals surface area contributed by atoms with E-state index in [0.717, 1.165) is 37.2 Å². The predicted octanol–water partition coefficient (Wildman–Crippen LogP) is 3.10. The van der Waals surface area contributed by atoms with Crippen LogP contribution in [0.1, 0.15) is 47.0 Å². The summed E-state index contributed by atoms with van der Waals surface area (Å²) in [5.41, 5.74) is 1.46. The Labute approximate surface area is 171 Å². The van der Waals surface area contributed by atoms with E-state index in [4.69, 9.17) is 13.9 Å². The predicted molar refractivity (Wildman–Crippen MR) is 108 cm³/mol. The van der Waals surface area contributed by atoms with Crippen LogP contribution < -0.4 is 10.1 Å². The first-order chi connectivity index (χ1) is 14.1. The number of hydrogen-bond donors (Lipinski definition) is 1. The Morgan fingerprint density at radius 2 is 1.86 bits per heavy atom. The number of likely N-dealkylation sites (tertiary alicyclic amines) is 1. The number of furan rings is 1. The molecule has 0 spiro atoms. The maximum absolute atomic E-state index is 12.3. The summed E-state index contributed by atoms with van der Waals surface area (Å²) in [6.07, 6.45) is 4.97. The Kier molecular flexibility index (Phi) is 7.30. The third-order valence-corrected chi connectivity index (χ3v) is 5.24. The molecule has 1 fully saturated rings. The van der Waals surface area contributed by atoms with Crippen LogP contribution in [0, 0.1) is 6.92 Å². The van der Waals surface area contributed by atoms with Crippen LogP contribution >= 0.6 is 0 Å². The van der Waals surface area contributed by atoms with Gasteiger partial charge in [-0.3, -0.25) is 9.69 Å². The van der Waals surface area contributed by atoms with Crippen LogP contribution in [-0.4, -0.2) is 50.1 Å². The van der Waals surface area contributed by atoms with Gasteiger partial charge in [0.2, 0.25) is 0 Å². The maximum atomic E-state index is 12.3. The van der Waals surface area contributed by atoms with Gasteiger partial charge in [0.05, 0.1) is 19.4 Å². The topological polar surface area (TPSA) is 81.0 Å². The Balaban J connectivity index is 1.57. The Morgan fingerprint density at radius 3 is 2.48 bits per heavy atom. The van der Waals surface area contributed by atoms with Crippen molar-refractivity contribution in [3.63, 3.8) is 0 Å². The van der Waals surface area contributed by atoms with Gasteiger partial charge in [0, 0.05) is 6.54 Å². The normalized spacial score (nSPS) is 15.5. The molecule has 2 heterocycles. The average Bonchev–Trinajstić information content (AvgIpc) is 3.19. The van der Waals surface area contributed by atoms with Crippen molar-refractivity contribution in [2.75, 3.05) is 33.4 Å². The number of nitrogens with zero attached hydrogens (tertiary/aromatic N) is 1. The third kappa shape index (κ3) is 5.60. The quantitative estimate of drug-likeness (QED) is 0.686. The molecular formula is C22H28N2O5. The molecule has 1 aliphatic heterocycles. The zero-order valence-corrected chi connectivity index (χ0v) is 17.0. The van der Waals surface area contributed by atoms with Crippen molar-refractivity contribution in [3.8, 4) is 5.75 Å². The summed E-state index contributed by atoms with van der Waals surface area (Å²) in [5.74, 6) is 0.390. The minimum Gasteiger partial charge on any atom is -0.497 e. The number of methoxy groups -OCH3 is 1. The molecule has 1 aliphatic rings. The summed E-state index contributed by atoms with van der Waals surface area (Å²) < 4.78 is 15.4. The highest BCUT2D eigenvalue weighted by Crippen LogP contribution is 2.25. The van der Waals surface area contributed by atoms with Gasteiger partial charge in [0.25, 0.3) is 5.91 Å². The largest absolute Gasteiger partial charge is 0.497 e. The number of carbonyl (C=O) groups is 2. The van der Waals surface area contributed by atoms with Crippen molar-refractivity contribution >= 4 is 11.9 Å². The van der Waals surface area contributed by atoms with E-state index in [9.17, 15) is 9.59 Å². The second-order valence-electron chi connectivity index (χ2n) is 7.16. The van der Waals surface area contributed by atoms with Gasteiger partial charge < -0.3 is 19.2 Å². The standard InChI is InChI=1S/C22H28N2O5/c1-16-19(10-13-28-16)22(26)29-15-21(25)23-14-20(24-11-4-3-5-12-24)17-6-8-18(27-2)9-7-17/h6-10,13,20H,3-5,11-12,14-15H2,1-2H3,(H,23,25). The van der Waals surface area contributed by atoms with E-state index >= 15 is 0 Å². The second-order valence-corrected chi connectivity index (χ2v) is 7.16. The highest BCUT2D eigenvalue weighted by Gasteiger charge is 2.23. The van der Waals surface area contributed by atoms with Crippen molar-refractivity contribution in [3.05, 3.63) is 53.5 Å². The fourth-order valence-corrected chi connectivity index (χ4v) is 3.58. The smallest absolute Gasteiger partial charge is 0.342 e. The fraction of sp³-hybridized carbons (Fsp3) is 0.455. The molecule has 0 bridgehead atoms. The minimum atomic E-state index is -0.561. The molecule has 1 aromatic heterocycles. The first-order valence-electron chi connectivity index (χ1n) is 9.94. The number of rotatable bonds is 8. The van der Waals surface area contributed by atoms with Gasteiger partial charge in [-0.05, 0) is 56.6 Å². The highest BCUT2D eigenvalue weighted by molar-refractivity contribution is 5.92. The van der Waals surface area contributed by atoms with Crippen LogP contribution in [0.2, 0.25) is 0 Å². The molecule has 7 heteroatoms. The minimum absolute atomic E-state index is 0.0666. The first-order valence-corrected chi connectivity index (χ1v) is 9.94. The second kappa shape index (κ2) is 10.1. The third-order valence-electron chi connectivity index (χ3n) is 5.24. The summed E-state index contributed by atoms with van der Waals surface area (Å²) >= 11 is 0. The van der Waals surface area contributed by atoms with Gasteiger partial charge in [0.15, 0.2) is 6.61 Å². The molecule has 7 nitrogen and oxygen atoms in total. The summed E-state index contributed by atoms with van der Waals surface area (Å²) in [7, 11) is 1.64. The number of carbonyl (C=O) groups excluding carboxylic acids is 2. The number of nitrogens with one attached hydrogen (secondary N) is 1. The molecule has 156 valence electrons. The van der Waals surface area contributed by atoms with E-state index in [1.54, 1.807) is 14.0 Å². The maximum Gasteiger partial charge on any atom is 0.342 e. The molecule has 0 radical (unpaired) electrons. The number of piperidine rings is 1. The van der Waals surface area contributed by atoms with E-state index in [2.05, 4.69) is 10.2 Å². The molecule has 1 aromatic carbocycles. The number of hydrogen-bond acceptors (Lipinski definition) is 6. The fourth-order valence-electron chi connectivity index (χ4n) is 3.58. The molecule has 2 aromatic rings. The molecule has 1 saturated heterocycles. The number of ether oxygens (including phenoxy) is 2. The molecule has 1 atom stereocenters. The average molecular weight is 400 g/mol. The number of esters is 1. The Morgan fingerprint density at radius 1 is 1.14 bits per heavy atom.